The number of nitriles is 1. The SMILES string of the molecule is C=CCc1cc(/C=C(\C#N)C(=O)Nc2cccc(Cl)c2C)cc(OCC)c1OCc1ccc(F)cc1. The van der Waals surface area contributed by atoms with E-state index in [9.17, 15) is 14.4 Å². The quantitative estimate of drug-likeness (QED) is 0.182. The predicted octanol–water partition coefficient (Wildman–Crippen LogP) is 7.04. The van der Waals surface area contributed by atoms with Gasteiger partial charge in [-0.05, 0) is 79.4 Å². The molecular weight excluding hydrogens is 479 g/mol. The number of allylic oxidation sites excluding steroid dienone is 1. The first-order valence-electron chi connectivity index (χ1n) is 11.3. The molecule has 0 aromatic heterocycles. The van der Waals surface area contributed by atoms with Gasteiger partial charge in [-0.15, -0.1) is 6.58 Å². The molecule has 3 rings (SSSR count). The Kier molecular flexibility index (Phi) is 9.26. The molecule has 0 aliphatic carbocycles. The number of halogens is 2. The molecule has 0 aliphatic heterocycles. The molecular formula is C29H26ClFN2O3. The molecule has 184 valence electrons. The standard InChI is InChI=1S/C29H26ClFN2O3/c1-4-7-22-14-21(15-23(17-32)29(34)33-26-9-6-8-25(30)19(26)3)16-27(35-5-2)28(22)36-18-20-10-12-24(31)13-11-20/h4,6,8-16H,1,5,7,18H2,2-3H3,(H,33,34)/b23-15+. The van der Waals surface area contributed by atoms with Crippen LogP contribution in [0.2, 0.25) is 5.02 Å². The van der Waals surface area contributed by atoms with Crippen molar-refractivity contribution in [3.8, 4) is 17.6 Å². The summed E-state index contributed by atoms with van der Waals surface area (Å²) < 4.78 is 25.1. The summed E-state index contributed by atoms with van der Waals surface area (Å²) >= 11 is 6.14. The van der Waals surface area contributed by atoms with Crippen LogP contribution < -0.4 is 14.8 Å². The number of hydrogen-bond donors (Lipinski definition) is 1. The molecule has 0 saturated heterocycles. The van der Waals surface area contributed by atoms with E-state index in [0.29, 0.717) is 46.4 Å². The summed E-state index contributed by atoms with van der Waals surface area (Å²) in [5.41, 5.74) is 3.32. The zero-order valence-electron chi connectivity index (χ0n) is 20.1. The summed E-state index contributed by atoms with van der Waals surface area (Å²) in [6, 6.07) is 16.7. The van der Waals surface area contributed by atoms with Crippen molar-refractivity contribution in [2.75, 3.05) is 11.9 Å². The molecule has 7 heteroatoms. The second kappa shape index (κ2) is 12.6. The molecule has 0 bridgehead atoms. The number of hydrogen-bond acceptors (Lipinski definition) is 4. The lowest BCUT2D eigenvalue weighted by molar-refractivity contribution is -0.112. The van der Waals surface area contributed by atoms with Crippen molar-refractivity contribution in [1.82, 2.24) is 0 Å². The maximum atomic E-state index is 13.2. The van der Waals surface area contributed by atoms with Crippen LogP contribution in [0.5, 0.6) is 11.5 Å². The fraction of sp³-hybridized carbons (Fsp3) is 0.172. The smallest absolute Gasteiger partial charge is 0.266 e. The molecule has 0 aliphatic rings. The molecule has 0 heterocycles. The van der Waals surface area contributed by atoms with E-state index < -0.39 is 5.91 Å². The minimum atomic E-state index is -0.553. The lowest BCUT2D eigenvalue weighted by Crippen LogP contribution is -2.14. The van der Waals surface area contributed by atoms with Crippen molar-refractivity contribution >= 4 is 29.3 Å². The van der Waals surface area contributed by atoms with E-state index >= 15 is 0 Å². The molecule has 0 unspecified atom stereocenters. The summed E-state index contributed by atoms with van der Waals surface area (Å²) in [6.07, 6.45) is 3.69. The number of amides is 1. The number of ether oxygens (including phenoxy) is 2. The molecule has 3 aromatic carbocycles. The summed E-state index contributed by atoms with van der Waals surface area (Å²) in [5.74, 6) is 0.118. The fourth-order valence-electron chi connectivity index (χ4n) is 3.48. The number of rotatable bonds is 10. The third-order valence-corrected chi connectivity index (χ3v) is 5.72. The van der Waals surface area contributed by atoms with Gasteiger partial charge >= 0.3 is 0 Å². The van der Waals surface area contributed by atoms with Gasteiger partial charge in [-0.1, -0.05) is 35.9 Å². The Bertz CT molecular complexity index is 1330. The summed E-state index contributed by atoms with van der Waals surface area (Å²) in [5, 5.41) is 12.9. The first-order chi connectivity index (χ1) is 17.4. The van der Waals surface area contributed by atoms with Crippen LogP contribution in [0.15, 0.2) is 72.8 Å². The van der Waals surface area contributed by atoms with E-state index in [-0.39, 0.29) is 18.0 Å². The molecule has 0 fully saturated rings. The summed E-state index contributed by atoms with van der Waals surface area (Å²) in [6.45, 7) is 8.05. The number of nitrogens with one attached hydrogen (secondary N) is 1. The maximum absolute atomic E-state index is 13.2. The van der Waals surface area contributed by atoms with E-state index in [1.54, 1.807) is 49.4 Å². The van der Waals surface area contributed by atoms with Crippen molar-refractivity contribution in [2.24, 2.45) is 0 Å². The van der Waals surface area contributed by atoms with Crippen LogP contribution in [-0.4, -0.2) is 12.5 Å². The van der Waals surface area contributed by atoms with Crippen molar-refractivity contribution < 1.29 is 18.7 Å². The summed E-state index contributed by atoms with van der Waals surface area (Å²) in [4.78, 5) is 12.8. The number of carbonyl (C=O) groups is 1. The average Bonchev–Trinajstić information content (AvgIpc) is 2.86. The largest absolute Gasteiger partial charge is 0.490 e. The van der Waals surface area contributed by atoms with Crippen molar-refractivity contribution in [2.45, 2.75) is 26.9 Å². The molecule has 36 heavy (non-hydrogen) atoms. The van der Waals surface area contributed by atoms with E-state index in [1.165, 1.54) is 18.2 Å². The Morgan fingerprint density at radius 1 is 1.19 bits per heavy atom. The Hall–Kier alpha value is -4.08. The Balaban J connectivity index is 1.94. The maximum Gasteiger partial charge on any atom is 0.266 e. The van der Waals surface area contributed by atoms with Gasteiger partial charge in [0, 0.05) is 16.3 Å². The lowest BCUT2D eigenvalue weighted by atomic mass is 10.0. The van der Waals surface area contributed by atoms with E-state index in [0.717, 1.165) is 11.1 Å². The minimum absolute atomic E-state index is 0.0821. The van der Waals surface area contributed by atoms with Gasteiger partial charge in [0.05, 0.1) is 6.61 Å². The number of nitrogens with zero attached hydrogens (tertiary/aromatic N) is 1. The first-order valence-corrected chi connectivity index (χ1v) is 11.7. The zero-order valence-corrected chi connectivity index (χ0v) is 20.9. The molecule has 0 atom stereocenters. The van der Waals surface area contributed by atoms with E-state index in [4.69, 9.17) is 21.1 Å². The first kappa shape index (κ1) is 26.5. The van der Waals surface area contributed by atoms with Crippen LogP contribution in [0.3, 0.4) is 0 Å². The monoisotopic (exact) mass is 504 g/mol. The number of anilines is 1. The normalized spacial score (nSPS) is 10.9. The Morgan fingerprint density at radius 2 is 1.94 bits per heavy atom. The molecule has 1 N–H and O–H groups in total. The zero-order chi connectivity index (χ0) is 26.1. The third-order valence-electron chi connectivity index (χ3n) is 5.31. The molecule has 1 amide bonds. The lowest BCUT2D eigenvalue weighted by Gasteiger charge is -2.17. The summed E-state index contributed by atoms with van der Waals surface area (Å²) in [7, 11) is 0. The molecule has 0 radical (unpaired) electrons. The predicted molar refractivity (Wildman–Crippen MR) is 141 cm³/mol. The van der Waals surface area contributed by atoms with Gasteiger partial charge in [0.25, 0.3) is 5.91 Å². The Labute approximate surface area is 215 Å². The number of benzene rings is 3. The van der Waals surface area contributed by atoms with Crippen LogP contribution in [0.1, 0.15) is 29.2 Å². The van der Waals surface area contributed by atoms with Crippen LogP contribution in [0.4, 0.5) is 10.1 Å². The van der Waals surface area contributed by atoms with Gasteiger partial charge in [0.2, 0.25) is 0 Å². The van der Waals surface area contributed by atoms with Gasteiger partial charge in [-0.3, -0.25) is 4.79 Å². The third kappa shape index (κ3) is 6.74. The van der Waals surface area contributed by atoms with Gasteiger partial charge in [-0.2, -0.15) is 5.26 Å². The topological polar surface area (TPSA) is 71.4 Å². The van der Waals surface area contributed by atoms with Gasteiger partial charge in [-0.25, -0.2) is 4.39 Å². The molecule has 3 aromatic rings. The fourth-order valence-corrected chi connectivity index (χ4v) is 3.66. The van der Waals surface area contributed by atoms with Crippen LogP contribution in [-0.2, 0) is 17.8 Å². The second-order valence-corrected chi connectivity index (χ2v) is 8.29. The van der Waals surface area contributed by atoms with Crippen LogP contribution >= 0.6 is 11.6 Å². The van der Waals surface area contributed by atoms with Crippen LogP contribution in [0, 0.1) is 24.1 Å². The van der Waals surface area contributed by atoms with Gasteiger partial charge in [0.15, 0.2) is 11.5 Å². The van der Waals surface area contributed by atoms with Gasteiger partial charge < -0.3 is 14.8 Å². The highest BCUT2D eigenvalue weighted by Gasteiger charge is 2.16. The Morgan fingerprint density at radius 3 is 2.61 bits per heavy atom. The average molecular weight is 505 g/mol. The highest BCUT2D eigenvalue weighted by molar-refractivity contribution is 6.31. The highest BCUT2D eigenvalue weighted by Crippen LogP contribution is 2.35. The van der Waals surface area contributed by atoms with Crippen molar-refractivity contribution in [3.05, 3.63) is 106 Å². The number of carbonyl (C=O) groups excluding carboxylic acids is 1. The van der Waals surface area contributed by atoms with E-state index in [1.807, 2.05) is 19.1 Å². The van der Waals surface area contributed by atoms with Crippen molar-refractivity contribution in [3.63, 3.8) is 0 Å². The minimum Gasteiger partial charge on any atom is -0.490 e. The molecule has 0 saturated carbocycles. The highest BCUT2D eigenvalue weighted by atomic mass is 35.5. The van der Waals surface area contributed by atoms with Crippen LogP contribution in [0.25, 0.3) is 6.08 Å². The van der Waals surface area contributed by atoms with Gasteiger partial charge in [0.1, 0.15) is 24.1 Å². The molecule has 5 nitrogen and oxygen atoms in total. The van der Waals surface area contributed by atoms with E-state index in [2.05, 4.69) is 11.9 Å². The molecule has 0 spiro atoms. The second-order valence-electron chi connectivity index (χ2n) is 7.88. The van der Waals surface area contributed by atoms with Crippen molar-refractivity contribution in [1.29, 1.82) is 5.26 Å².